The fourth-order valence-electron chi connectivity index (χ4n) is 2.21. The summed E-state index contributed by atoms with van der Waals surface area (Å²) < 4.78 is 19.4. The van der Waals surface area contributed by atoms with E-state index < -0.39 is 0 Å². The van der Waals surface area contributed by atoms with E-state index in [4.69, 9.17) is 15.7 Å². The number of aromatic nitrogens is 2. The highest BCUT2D eigenvalue weighted by Gasteiger charge is 2.17. The number of anilines is 2. The molecule has 20 heavy (non-hydrogen) atoms. The van der Waals surface area contributed by atoms with Gasteiger partial charge in [-0.25, -0.2) is 14.4 Å². The quantitative estimate of drug-likeness (QED) is 0.835. The molecule has 2 N–H and O–H groups in total. The molecule has 0 spiro atoms. The highest BCUT2D eigenvalue weighted by Crippen LogP contribution is 2.26. The van der Waals surface area contributed by atoms with Crippen molar-refractivity contribution in [3.05, 3.63) is 23.6 Å². The highest BCUT2D eigenvalue weighted by atomic mass is 19.1. The van der Waals surface area contributed by atoms with Gasteiger partial charge in [0.15, 0.2) is 11.5 Å². The number of nitrogens with two attached hydrogens (primary N) is 1. The van der Waals surface area contributed by atoms with Crippen molar-refractivity contribution in [2.24, 2.45) is 0 Å². The first kappa shape index (κ1) is 12.6. The lowest BCUT2D eigenvalue weighted by Gasteiger charge is -2.29. The minimum Gasteiger partial charge on any atom is -0.381 e. The molecule has 1 aliphatic rings. The van der Waals surface area contributed by atoms with Gasteiger partial charge in [0.05, 0.1) is 29.9 Å². The third kappa shape index (κ3) is 2.10. The SMILES string of the molecule is N#Cc1nc2cc(F)c(N3CCOCC3)cc2nc1N. The highest BCUT2D eigenvalue weighted by molar-refractivity contribution is 5.81. The number of fused-ring (bicyclic) bond motifs is 1. The van der Waals surface area contributed by atoms with Gasteiger partial charge in [0.1, 0.15) is 11.9 Å². The van der Waals surface area contributed by atoms with Gasteiger partial charge < -0.3 is 15.4 Å². The van der Waals surface area contributed by atoms with E-state index in [-0.39, 0.29) is 17.3 Å². The zero-order chi connectivity index (χ0) is 14.1. The Hall–Kier alpha value is -2.46. The van der Waals surface area contributed by atoms with E-state index in [0.717, 1.165) is 0 Å². The van der Waals surface area contributed by atoms with Crippen LogP contribution in [0.3, 0.4) is 0 Å². The molecule has 0 aliphatic carbocycles. The second-order valence-corrected chi connectivity index (χ2v) is 4.46. The molecule has 2 heterocycles. The van der Waals surface area contributed by atoms with Gasteiger partial charge in [-0.3, -0.25) is 0 Å². The molecule has 1 aromatic carbocycles. The van der Waals surface area contributed by atoms with E-state index in [9.17, 15) is 4.39 Å². The minimum atomic E-state index is -0.387. The molecular weight excluding hydrogens is 261 g/mol. The number of hydrogen-bond donors (Lipinski definition) is 1. The Bertz CT molecular complexity index is 706. The summed E-state index contributed by atoms with van der Waals surface area (Å²) in [6.45, 7) is 2.39. The van der Waals surface area contributed by atoms with Crippen LogP contribution in [0.2, 0.25) is 0 Å². The maximum atomic E-state index is 14.2. The van der Waals surface area contributed by atoms with E-state index in [0.29, 0.717) is 43.0 Å². The number of morpholine rings is 1. The molecule has 7 heteroatoms. The zero-order valence-corrected chi connectivity index (χ0v) is 10.6. The average Bonchev–Trinajstić information content (AvgIpc) is 2.47. The molecule has 1 saturated heterocycles. The molecule has 0 atom stereocenters. The van der Waals surface area contributed by atoms with E-state index in [2.05, 4.69) is 9.97 Å². The summed E-state index contributed by atoms with van der Waals surface area (Å²) in [5.41, 5.74) is 6.91. The normalized spacial score (nSPS) is 15.3. The summed E-state index contributed by atoms with van der Waals surface area (Å²) in [7, 11) is 0. The molecule has 1 aromatic heterocycles. The van der Waals surface area contributed by atoms with Crippen molar-refractivity contribution in [1.82, 2.24) is 9.97 Å². The van der Waals surface area contributed by atoms with Gasteiger partial charge >= 0.3 is 0 Å². The van der Waals surface area contributed by atoms with Crippen LogP contribution >= 0.6 is 0 Å². The number of ether oxygens (including phenoxy) is 1. The Morgan fingerprint density at radius 2 is 1.95 bits per heavy atom. The second-order valence-electron chi connectivity index (χ2n) is 4.46. The number of nitrogen functional groups attached to an aromatic ring is 1. The molecule has 3 rings (SSSR count). The van der Waals surface area contributed by atoms with Gasteiger partial charge in [-0.15, -0.1) is 0 Å². The lowest BCUT2D eigenvalue weighted by Crippen LogP contribution is -2.36. The van der Waals surface area contributed by atoms with Crippen LogP contribution in [-0.4, -0.2) is 36.3 Å². The summed E-state index contributed by atoms with van der Waals surface area (Å²) in [5.74, 6) is -0.332. The van der Waals surface area contributed by atoms with Crippen LogP contribution in [0, 0.1) is 17.1 Å². The smallest absolute Gasteiger partial charge is 0.183 e. The predicted octanol–water partition coefficient (Wildman–Crippen LogP) is 1.06. The van der Waals surface area contributed by atoms with Crippen LogP contribution in [0.15, 0.2) is 12.1 Å². The predicted molar refractivity (Wildman–Crippen MR) is 71.7 cm³/mol. The number of benzene rings is 1. The van der Waals surface area contributed by atoms with Crippen LogP contribution in [0.25, 0.3) is 11.0 Å². The van der Waals surface area contributed by atoms with Crippen LogP contribution in [0.5, 0.6) is 0 Å². The number of nitrogens with zero attached hydrogens (tertiary/aromatic N) is 4. The summed E-state index contributed by atoms with van der Waals surface area (Å²) in [5, 5.41) is 8.86. The van der Waals surface area contributed by atoms with Crippen molar-refractivity contribution >= 4 is 22.5 Å². The first-order valence-corrected chi connectivity index (χ1v) is 6.18. The maximum Gasteiger partial charge on any atom is 0.183 e. The van der Waals surface area contributed by atoms with E-state index in [1.165, 1.54) is 6.07 Å². The first-order chi connectivity index (χ1) is 9.69. The molecule has 0 radical (unpaired) electrons. The molecule has 6 nitrogen and oxygen atoms in total. The molecule has 0 amide bonds. The summed E-state index contributed by atoms with van der Waals surface area (Å²) >= 11 is 0. The Morgan fingerprint density at radius 1 is 1.25 bits per heavy atom. The topological polar surface area (TPSA) is 88.1 Å². The van der Waals surface area contributed by atoms with Crippen molar-refractivity contribution in [3.63, 3.8) is 0 Å². The van der Waals surface area contributed by atoms with Gasteiger partial charge in [-0.2, -0.15) is 5.26 Å². The van der Waals surface area contributed by atoms with Crippen LogP contribution in [-0.2, 0) is 4.74 Å². The van der Waals surface area contributed by atoms with Crippen molar-refractivity contribution in [1.29, 1.82) is 5.26 Å². The first-order valence-electron chi connectivity index (χ1n) is 6.18. The van der Waals surface area contributed by atoms with E-state index >= 15 is 0 Å². The Labute approximate surface area is 114 Å². The number of nitriles is 1. The van der Waals surface area contributed by atoms with Gasteiger partial charge in [0.2, 0.25) is 0 Å². The monoisotopic (exact) mass is 273 g/mol. The molecule has 1 fully saturated rings. The maximum absolute atomic E-state index is 14.2. The lowest BCUT2D eigenvalue weighted by atomic mass is 10.2. The summed E-state index contributed by atoms with van der Waals surface area (Å²) in [6, 6.07) is 4.73. The fourth-order valence-corrected chi connectivity index (χ4v) is 2.21. The molecule has 1 aliphatic heterocycles. The Kier molecular flexibility index (Phi) is 3.08. The molecule has 0 unspecified atom stereocenters. The van der Waals surface area contributed by atoms with Crippen LogP contribution < -0.4 is 10.6 Å². The molecular formula is C13H12FN5O. The third-order valence-corrected chi connectivity index (χ3v) is 3.22. The lowest BCUT2D eigenvalue weighted by molar-refractivity contribution is 0.122. The average molecular weight is 273 g/mol. The molecule has 0 saturated carbocycles. The van der Waals surface area contributed by atoms with Gasteiger partial charge in [0, 0.05) is 19.2 Å². The fraction of sp³-hybridized carbons (Fsp3) is 0.308. The van der Waals surface area contributed by atoms with Crippen molar-refractivity contribution < 1.29 is 9.13 Å². The standard InChI is InChI=1S/C13H12FN5O/c14-8-5-9-10(18-13(16)11(7-15)17-9)6-12(8)19-1-3-20-4-2-19/h5-6H,1-4H2,(H2,16,18). The number of halogens is 1. The van der Waals surface area contributed by atoms with E-state index in [1.807, 2.05) is 11.0 Å². The molecule has 2 aromatic rings. The Morgan fingerprint density at radius 3 is 2.65 bits per heavy atom. The van der Waals surface area contributed by atoms with E-state index in [1.54, 1.807) is 6.07 Å². The summed E-state index contributed by atoms with van der Waals surface area (Å²) in [4.78, 5) is 10.0. The largest absolute Gasteiger partial charge is 0.381 e. The van der Waals surface area contributed by atoms with Crippen molar-refractivity contribution in [2.75, 3.05) is 36.9 Å². The van der Waals surface area contributed by atoms with Crippen LogP contribution in [0.1, 0.15) is 5.69 Å². The van der Waals surface area contributed by atoms with Crippen LogP contribution in [0.4, 0.5) is 15.9 Å². The molecule has 0 bridgehead atoms. The van der Waals surface area contributed by atoms with Crippen molar-refractivity contribution in [3.8, 4) is 6.07 Å². The zero-order valence-electron chi connectivity index (χ0n) is 10.6. The van der Waals surface area contributed by atoms with Gasteiger partial charge in [0.25, 0.3) is 0 Å². The van der Waals surface area contributed by atoms with Crippen molar-refractivity contribution in [2.45, 2.75) is 0 Å². The minimum absolute atomic E-state index is 0.0102. The van der Waals surface area contributed by atoms with Gasteiger partial charge in [-0.1, -0.05) is 0 Å². The number of rotatable bonds is 1. The second kappa shape index (κ2) is 4.90. The summed E-state index contributed by atoms with van der Waals surface area (Å²) in [6.07, 6.45) is 0. The van der Waals surface area contributed by atoms with Gasteiger partial charge in [-0.05, 0) is 6.07 Å². The Balaban J connectivity index is 2.11. The third-order valence-electron chi connectivity index (χ3n) is 3.22. The molecule has 102 valence electrons. The number of hydrogen-bond acceptors (Lipinski definition) is 6.